The Morgan fingerprint density at radius 3 is 2.58 bits per heavy atom. The summed E-state index contributed by atoms with van der Waals surface area (Å²) in [5.41, 5.74) is 6.37. The molecule has 98 valence electrons. The molecule has 0 radical (unpaired) electrons. The number of nitrogens with two attached hydrogens (primary N) is 1. The van der Waals surface area contributed by atoms with Crippen LogP contribution >= 0.6 is 11.6 Å². The molecule has 0 aliphatic carbocycles. The topological polar surface area (TPSA) is 52.3 Å². The second-order valence-corrected chi connectivity index (χ2v) is 4.34. The van der Waals surface area contributed by atoms with Crippen molar-refractivity contribution in [3.05, 3.63) is 58.4 Å². The Labute approximate surface area is 114 Å². The van der Waals surface area contributed by atoms with E-state index in [1.807, 2.05) is 0 Å². The summed E-state index contributed by atoms with van der Waals surface area (Å²) in [4.78, 5) is 12.3. The highest BCUT2D eigenvalue weighted by atomic mass is 35.5. The number of carbonyl (C=O) groups is 1. The van der Waals surface area contributed by atoms with Gasteiger partial charge in [0.15, 0.2) is 5.78 Å². The van der Waals surface area contributed by atoms with E-state index < -0.39 is 11.6 Å². The van der Waals surface area contributed by atoms with Crippen LogP contribution in [-0.4, -0.2) is 12.9 Å². The molecule has 19 heavy (non-hydrogen) atoms. The summed E-state index contributed by atoms with van der Waals surface area (Å²) >= 11 is 5.78. The van der Waals surface area contributed by atoms with Gasteiger partial charge in [-0.05, 0) is 36.4 Å². The number of nitrogen functional groups attached to an aromatic ring is 1. The number of anilines is 1. The van der Waals surface area contributed by atoms with Crippen LogP contribution < -0.4 is 10.5 Å². The first-order chi connectivity index (χ1) is 9.02. The van der Waals surface area contributed by atoms with E-state index in [1.165, 1.54) is 31.4 Å². The first kappa shape index (κ1) is 13.4. The van der Waals surface area contributed by atoms with Crippen molar-refractivity contribution < 1.29 is 13.9 Å². The van der Waals surface area contributed by atoms with Crippen molar-refractivity contribution in [2.24, 2.45) is 0 Å². The molecule has 2 aromatic rings. The highest BCUT2D eigenvalue weighted by molar-refractivity contribution is 6.31. The van der Waals surface area contributed by atoms with E-state index in [-0.39, 0.29) is 16.8 Å². The number of ether oxygens (including phenoxy) is 1. The number of ketones is 1. The van der Waals surface area contributed by atoms with Crippen molar-refractivity contribution >= 4 is 23.1 Å². The van der Waals surface area contributed by atoms with E-state index in [0.29, 0.717) is 10.8 Å². The minimum atomic E-state index is -0.517. The Morgan fingerprint density at radius 2 is 1.95 bits per heavy atom. The van der Waals surface area contributed by atoms with Gasteiger partial charge >= 0.3 is 0 Å². The van der Waals surface area contributed by atoms with Crippen molar-refractivity contribution in [3.8, 4) is 5.75 Å². The van der Waals surface area contributed by atoms with Gasteiger partial charge in [-0.25, -0.2) is 4.39 Å². The second kappa shape index (κ2) is 5.28. The Bertz CT molecular complexity index is 643. The molecule has 0 saturated heterocycles. The number of rotatable bonds is 3. The van der Waals surface area contributed by atoms with E-state index in [4.69, 9.17) is 22.1 Å². The molecule has 0 heterocycles. The maximum atomic E-state index is 13.3. The van der Waals surface area contributed by atoms with Crippen molar-refractivity contribution in [2.45, 2.75) is 0 Å². The van der Waals surface area contributed by atoms with E-state index in [2.05, 4.69) is 0 Å². The monoisotopic (exact) mass is 279 g/mol. The SMILES string of the molecule is COc1ccc(F)cc1C(=O)c1ccc(Cl)cc1N. The number of methoxy groups -OCH3 is 1. The van der Waals surface area contributed by atoms with Crippen LogP contribution in [0.2, 0.25) is 5.02 Å². The zero-order valence-corrected chi connectivity index (χ0v) is 10.9. The maximum absolute atomic E-state index is 13.3. The van der Waals surface area contributed by atoms with Crippen molar-refractivity contribution in [3.63, 3.8) is 0 Å². The van der Waals surface area contributed by atoms with Gasteiger partial charge in [0.1, 0.15) is 11.6 Å². The molecular weight excluding hydrogens is 269 g/mol. The summed E-state index contributed by atoms with van der Waals surface area (Å²) < 4.78 is 18.3. The molecule has 2 rings (SSSR count). The Kier molecular flexibility index (Phi) is 3.71. The molecule has 3 nitrogen and oxygen atoms in total. The smallest absolute Gasteiger partial charge is 0.198 e. The molecule has 0 bridgehead atoms. The van der Waals surface area contributed by atoms with E-state index in [1.54, 1.807) is 6.07 Å². The summed E-state index contributed by atoms with van der Waals surface area (Å²) in [6.45, 7) is 0. The van der Waals surface area contributed by atoms with Gasteiger partial charge in [-0.15, -0.1) is 0 Å². The molecule has 5 heteroatoms. The predicted octanol–water partition coefficient (Wildman–Crippen LogP) is 3.30. The van der Waals surface area contributed by atoms with Crippen molar-refractivity contribution in [2.75, 3.05) is 12.8 Å². The molecule has 0 amide bonds. The maximum Gasteiger partial charge on any atom is 0.198 e. The predicted molar refractivity (Wildman–Crippen MR) is 72.2 cm³/mol. The molecule has 0 atom stereocenters. The molecule has 0 spiro atoms. The molecule has 0 saturated carbocycles. The summed E-state index contributed by atoms with van der Waals surface area (Å²) in [5, 5.41) is 0.431. The lowest BCUT2D eigenvalue weighted by Crippen LogP contribution is -2.07. The molecule has 0 unspecified atom stereocenters. The minimum absolute atomic E-state index is 0.122. The third-order valence-electron chi connectivity index (χ3n) is 2.66. The lowest BCUT2D eigenvalue weighted by atomic mass is 10.0. The van der Waals surface area contributed by atoms with Crippen LogP contribution in [0, 0.1) is 5.82 Å². The average Bonchev–Trinajstić information content (AvgIpc) is 2.38. The number of benzene rings is 2. The fourth-order valence-corrected chi connectivity index (χ4v) is 1.92. The summed E-state index contributed by atoms with van der Waals surface area (Å²) in [5.74, 6) is -0.636. The lowest BCUT2D eigenvalue weighted by Gasteiger charge is -2.09. The quantitative estimate of drug-likeness (QED) is 0.693. The minimum Gasteiger partial charge on any atom is -0.496 e. The summed E-state index contributed by atoms with van der Waals surface area (Å²) in [6, 6.07) is 8.27. The van der Waals surface area contributed by atoms with Gasteiger partial charge in [0.25, 0.3) is 0 Å². The zero-order chi connectivity index (χ0) is 14.0. The van der Waals surface area contributed by atoms with Crippen LogP contribution in [0.1, 0.15) is 15.9 Å². The zero-order valence-electron chi connectivity index (χ0n) is 10.1. The summed E-state index contributed by atoms with van der Waals surface area (Å²) in [6.07, 6.45) is 0. The van der Waals surface area contributed by atoms with Crippen LogP contribution in [0.15, 0.2) is 36.4 Å². The van der Waals surface area contributed by atoms with Gasteiger partial charge in [-0.3, -0.25) is 4.79 Å². The molecule has 2 N–H and O–H groups in total. The highest BCUT2D eigenvalue weighted by Crippen LogP contribution is 2.26. The average molecular weight is 280 g/mol. The fourth-order valence-electron chi connectivity index (χ4n) is 1.74. The van der Waals surface area contributed by atoms with E-state index in [9.17, 15) is 9.18 Å². The van der Waals surface area contributed by atoms with Gasteiger partial charge in [-0.1, -0.05) is 11.6 Å². The van der Waals surface area contributed by atoms with E-state index in [0.717, 1.165) is 6.07 Å². The molecule has 2 aromatic carbocycles. The van der Waals surface area contributed by atoms with Gasteiger partial charge in [0.2, 0.25) is 0 Å². The largest absolute Gasteiger partial charge is 0.496 e. The van der Waals surface area contributed by atoms with Gasteiger partial charge in [0, 0.05) is 16.3 Å². The summed E-state index contributed by atoms with van der Waals surface area (Å²) in [7, 11) is 1.41. The number of hydrogen-bond acceptors (Lipinski definition) is 3. The fraction of sp³-hybridized carbons (Fsp3) is 0.0714. The standard InChI is InChI=1S/C14H11ClFNO2/c1-19-13-5-3-9(16)7-11(13)14(18)10-4-2-8(15)6-12(10)17/h2-7H,17H2,1H3. The van der Waals surface area contributed by atoms with Crippen LogP contribution in [0.3, 0.4) is 0 Å². The molecule has 0 aliphatic heterocycles. The highest BCUT2D eigenvalue weighted by Gasteiger charge is 2.17. The molecule has 0 fully saturated rings. The first-order valence-corrected chi connectivity index (χ1v) is 5.84. The van der Waals surface area contributed by atoms with Crippen LogP contribution in [0.5, 0.6) is 5.75 Å². The van der Waals surface area contributed by atoms with Crippen molar-refractivity contribution in [1.82, 2.24) is 0 Å². The van der Waals surface area contributed by atoms with Gasteiger partial charge in [0.05, 0.1) is 12.7 Å². The molecule has 0 aromatic heterocycles. The number of hydrogen-bond donors (Lipinski definition) is 1. The Morgan fingerprint density at radius 1 is 1.21 bits per heavy atom. The first-order valence-electron chi connectivity index (χ1n) is 5.46. The van der Waals surface area contributed by atoms with Gasteiger partial charge in [-0.2, -0.15) is 0 Å². The van der Waals surface area contributed by atoms with Gasteiger partial charge < -0.3 is 10.5 Å². The molecular formula is C14H11ClFNO2. The Balaban J connectivity index is 2.52. The van der Waals surface area contributed by atoms with Crippen molar-refractivity contribution in [1.29, 1.82) is 0 Å². The molecule has 0 aliphatic rings. The number of halogens is 2. The van der Waals surface area contributed by atoms with Crippen LogP contribution in [-0.2, 0) is 0 Å². The van der Waals surface area contributed by atoms with E-state index >= 15 is 0 Å². The second-order valence-electron chi connectivity index (χ2n) is 3.91. The van der Waals surface area contributed by atoms with Crippen LogP contribution in [0.25, 0.3) is 0 Å². The van der Waals surface area contributed by atoms with Crippen LogP contribution in [0.4, 0.5) is 10.1 Å². The third kappa shape index (κ3) is 2.69. The lowest BCUT2D eigenvalue weighted by molar-refractivity contribution is 0.103. The Hall–Kier alpha value is -2.07. The number of carbonyl (C=O) groups excluding carboxylic acids is 1. The third-order valence-corrected chi connectivity index (χ3v) is 2.90. The normalized spacial score (nSPS) is 10.3.